The molecule has 1 rings (SSSR count). The van der Waals surface area contributed by atoms with Crippen LogP contribution in [0.3, 0.4) is 0 Å². The quantitative estimate of drug-likeness (QED) is 0.518. The highest BCUT2D eigenvalue weighted by Gasteiger charge is 2.46. The van der Waals surface area contributed by atoms with Gasteiger partial charge >= 0.3 is 0 Å². The summed E-state index contributed by atoms with van der Waals surface area (Å²) in [5, 5.41) is 0. The molecular formula is C14H28. The highest BCUT2D eigenvalue weighted by atomic mass is 14.5. The van der Waals surface area contributed by atoms with Crippen LogP contribution in [0.4, 0.5) is 0 Å². The Morgan fingerprint density at radius 2 is 1.50 bits per heavy atom. The van der Waals surface area contributed by atoms with Gasteiger partial charge in [-0.2, -0.15) is 0 Å². The molecule has 1 saturated carbocycles. The number of hydrogen-bond acceptors (Lipinski definition) is 0. The van der Waals surface area contributed by atoms with Crippen LogP contribution in [-0.2, 0) is 0 Å². The Hall–Kier alpha value is 0. The van der Waals surface area contributed by atoms with Gasteiger partial charge in [0.15, 0.2) is 0 Å². The zero-order valence-corrected chi connectivity index (χ0v) is 11.2. The van der Waals surface area contributed by atoms with E-state index in [-0.39, 0.29) is 0 Å². The maximum atomic E-state index is 2.48. The van der Waals surface area contributed by atoms with Gasteiger partial charge in [0, 0.05) is 0 Å². The molecule has 0 radical (unpaired) electrons. The Kier molecular flexibility index (Phi) is 2.80. The van der Waals surface area contributed by atoms with Gasteiger partial charge in [-0.05, 0) is 41.4 Å². The molecule has 0 heteroatoms. The fraction of sp³-hybridized carbons (Fsp3) is 1.00. The third kappa shape index (κ3) is 2.15. The molecule has 2 unspecified atom stereocenters. The van der Waals surface area contributed by atoms with Gasteiger partial charge < -0.3 is 0 Å². The average molecular weight is 196 g/mol. The van der Waals surface area contributed by atoms with Crippen LogP contribution in [0, 0.1) is 22.2 Å². The molecule has 0 bridgehead atoms. The van der Waals surface area contributed by atoms with Gasteiger partial charge in [0.2, 0.25) is 0 Å². The molecule has 0 aliphatic heterocycles. The lowest BCUT2D eigenvalue weighted by molar-refractivity contribution is 0.0980. The average Bonchev–Trinajstić information content (AvgIpc) is 2.29. The monoisotopic (exact) mass is 196 g/mol. The van der Waals surface area contributed by atoms with E-state index in [1.54, 1.807) is 0 Å². The predicted molar refractivity (Wildman–Crippen MR) is 64.4 cm³/mol. The van der Waals surface area contributed by atoms with Crippen LogP contribution in [0.2, 0.25) is 0 Å². The second-order valence-corrected chi connectivity index (χ2v) is 7.62. The molecule has 1 aliphatic carbocycles. The van der Waals surface area contributed by atoms with Gasteiger partial charge in [0.25, 0.3) is 0 Å². The summed E-state index contributed by atoms with van der Waals surface area (Å²) in [6, 6.07) is 0. The Morgan fingerprint density at radius 3 is 1.71 bits per heavy atom. The standard InChI is InChI=1S/C14H28/c1-12(2,3)11-8-9-14(7,10-11)13(4,5)6/h11H,8-10H2,1-7H3. The lowest BCUT2D eigenvalue weighted by atomic mass is 9.65. The molecule has 0 spiro atoms. The molecule has 0 nitrogen and oxygen atoms in total. The molecule has 0 amide bonds. The maximum Gasteiger partial charge on any atom is -0.0274 e. The fourth-order valence-electron chi connectivity index (χ4n) is 2.66. The second kappa shape index (κ2) is 3.25. The van der Waals surface area contributed by atoms with Crippen LogP contribution in [0.25, 0.3) is 0 Å². The van der Waals surface area contributed by atoms with Crippen molar-refractivity contribution in [3.8, 4) is 0 Å². The molecule has 1 fully saturated rings. The van der Waals surface area contributed by atoms with Crippen LogP contribution in [-0.4, -0.2) is 0 Å². The van der Waals surface area contributed by atoms with Crippen molar-refractivity contribution in [2.24, 2.45) is 22.2 Å². The minimum atomic E-state index is 0.465. The molecule has 0 aromatic rings. The first-order valence-corrected chi connectivity index (χ1v) is 6.06. The minimum absolute atomic E-state index is 0.465. The van der Waals surface area contributed by atoms with Gasteiger partial charge in [-0.15, -0.1) is 0 Å². The van der Waals surface area contributed by atoms with E-state index < -0.39 is 0 Å². The van der Waals surface area contributed by atoms with Crippen molar-refractivity contribution >= 4 is 0 Å². The van der Waals surface area contributed by atoms with E-state index in [1.807, 2.05) is 0 Å². The molecule has 0 aromatic carbocycles. The molecule has 0 heterocycles. The van der Waals surface area contributed by atoms with E-state index >= 15 is 0 Å². The largest absolute Gasteiger partial charge is 0.0599 e. The summed E-state index contributed by atoms with van der Waals surface area (Å²) in [6.45, 7) is 16.9. The SMILES string of the molecule is CC(C)(C)C1CCC(C)(C(C)(C)C)C1. The van der Waals surface area contributed by atoms with Gasteiger partial charge in [0.05, 0.1) is 0 Å². The molecule has 1 aliphatic rings. The molecule has 0 saturated heterocycles. The van der Waals surface area contributed by atoms with Crippen molar-refractivity contribution in [3.05, 3.63) is 0 Å². The minimum Gasteiger partial charge on any atom is -0.0599 e. The highest BCUT2D eigenvalue weighted by Crippen LogP contribution is 2.56. The van der Waals surface area contributed by atoms with E-state index in [4.69, 9.17) is 0 Å². The first-order valence-electron chi connectivity index (χ1n) is 6.06. The molecule has 2 atom stereocenters. The van der Waals surface area contributed by atoms with Crippen molar-refractivity contribution in [2.75, 3.05) is 0 Å². The Balaban J connectivity index is 2.75. The molecule has 84 valence electrons. The zero-order chi connectivity index (χ0) is 11.2. The fourth-order valence-corrected chi connectivity index (χ4v) is 2.66. The van der Waals surface area contributed by atoms with Gasteiger partial charge in [0.1, 0.15) is 0 Å². The van der Waals surface area contributed by atoms with Gasteiger partial charge in [-0.25, -0.2) is 0 Å². The van der Waals surface area contributed by atoms with Crippen molar-refractivity contribution in [2.45, 2.75) is 67.7 Å². The first-order chi connectivity index (χ1) is 6.06. The van der Waals surface area contributed by atoms with Crippen molar-refractivity contribution in [1.82, 2.24) is 0 Å². The smallest absolute Gasteiger partial charge is 0.0274 e. The summed E-state index contributed by atoms with van der Waals surface area (Å²) in [7, 11) is 0. The highest BCUT2D eigenvalue weighted by molar-refractivity contribution is 4.96. The molecule has 0 aromatic heterocycles. The second-order valence-electron chi connectivity index (χ2n) is 7.62. The third-order valence-corrected chi connectivity index (χ3v) is 4.78. The van der Waals surface area contributed by atoms with Crippen LogP contribution >= 0.6 is 0 Å². The van der Waals surface area contributed by atoms with Crippen LogP contribution in [0.5, 0.6) is 0 Å². The van der Waals surface area contributed by atoms with Crippen molar-refractivity contribution in [1.29, 1.82) is 0 Å². The maximum absolute atomic E-state index is 2.48. The van der Waals surface area contributed by atoms with Crippen molar-refractivity contribution in [3.63, 3.8) is 0 Å². The lowest BCUT2D eigenvalue weighted by Crippen LogP contribution is -2.31. The zero-order valence-electron chi connectivity index (χ0n) is 11.2. The topological polar surface area (TPSA) is 0 Å². The Bertz CT molecular complexity index is 201. The van der Waals surface area contributed by atoms with Crippen LogP contribution in [0.1, 0.15) is 67.7 Å². The Morgan fingerprint density at radius 1 is 1.00 bits per heavy atom. The molecule has 0 N–H and O–H groups in total. The Labute approximate surface area is 90.5 Å². The summed E-state index contributed by atoms with van der Waals surface area (Å²) in [6.07, 6.45) is 4.26. The first kappa shape index (κ1) is 12.1. The van der Waals surface area contributed by atoms with E-state index in [9.17, 15) is 0 Å². The summed E-state index contributed by atoms with van der Waals surface area (Å²) in [5.74, 6) is 0.923. The van der Waals surface area contributed by atoms with Crippen molar-refractivity contribution < 1.29 is 0 Å². The van der Waals surface area contributed by atoms with E-state index in [2.05, 4.69) is 48.5 Å². The van der Waals surface area contributed by atoms with Crippen LogP contribution in [0.15, 0.2) is 0 Å². The van der Waals surface area contributed by atoms with E-state index in [0.29, 0.717) is 16.2 Å². The van der Waals surface area contributed by atoms with Crippen LogP contribution < -0.4 is 0 Å². The third-order valence-electron chi connectivity index (χ3n) is 4.78. The summed E-state index contributed by atoms with van der Waals surface area (Å²) >= 11 is 0. The summed E-state index contributed by atoms with van der Waals surface area (Å²) in [4.78, 5) is 0. The summed E-state index contributed by atoms with van der Waals surface area (Å²) < 4.78 is 0. The van der Waals surface area contributed by atoms with Gasteiger partial charge in [-0.3, -0.25) is 0 Å². The molecular weight excluding hydrogens is 168 g/mol. The van der Waals surface area contributed by atoms with Gasteiger partial charge in [-0.1, -0.05) is 48.5 Å². The van der Waals surface area contributed by atoms with E-state index in [0.717, 1.165) is 5.92 Å². The lowest BCUT2D eigenvalue weighted by Gasteiger charge is -2.40. The summed E-state index contributed by atoms with van der Waals surface area (Å²) in [5.41, 5.74) is 1.53. The predicted octanol–water partition coefficient (Wildman–Crippen LogP) is 4.89. The molecule has 14 heavy (non-hydrogen) atoms. The number of rotatable bonds is 0. The number of hydrogen-bond donors (Lipinski definition) is 0. The normalized spacial score (nSPS) is 34.9. The van der Waals surface area contributed by atoms with E-state index in [1.165, 1.54) is 19.3 Å².